The Balaban J connectivity index is 3.49. The standard InChI is InChI=1S/C26H42N4O6/c1-7-8-9-12-15-30(22(23(33)28-17(2)3)18-13-10-11-14-20(18)31)24(34)19(16-21(27)32)29-25(35)36-26(4,5)6/h10-11,13-14,17,19,22,31H,7-9,12,15-16H2,1-6H3,(H2,27,32)(H,28,33)(H,29,35). The molecule has 0 fully saturated rings. The van der Waals surface area contributed by atoms with Crippen LogP contribution in [0.2, 0.25) is 0 Å². The average molecular weight is 507 g/mol. The largest absolute Gasteiger partial charge is 0.508 e. The summed E-state index contributed by atoms with van der Waals surface area (Å²) in [5.74, 6) is -2.13. The van der Waals surface area contributed by atoms with Crippen LogP contribution in [0.15, 0.2) is 24.3 Å². The molecule has 10 nitrogen and oxygen atoms in total. The minimum Gasteiger partial charge on any atom is -0.508 e. The smallest absolute Gasteiger partial charge is 0.408 e. The molecule has 202 valence electrons. The van der Waals surface area contributed by atoms with Gasteiger partial charge in [-0.2, -0.15) is 0 Å². The minimum absolute atomic E-state index is 0.153. The van der Waals surface area contributed by atoms with E-state index in [4.69, 9.17) is 10.5 Å². The Morgan fingerprint density at radius 1 is 1.06 bits per heavy atom. The third kappa shape index (κ3) is 10.5. The minimum atomic E-state index is -1.36. The zero-order valence-corrected chi connectivity index (χ0v) is 22.3. The monoisotopic (exact) mass is 506 g/mol. The summed E-state index contributed by atoms with van der Waals surface area (Å²) in [6.45, 7) is 10.8. The number of unbranched alkanes of at least 4 members (excludes halogenated alkanes) is 3. The fourth-order valence-electron chi connectivity index (χ4n) is 3.66. The number of ether oxygens (including phenoxy) is 1. The Morgan fingerprint density at radius 3 is 2.22 bits per heavy atom. The maximum Gasteiger partial charge on any atom is 0.408 e. The number of hydrogen-bond donors (Lipinski definition) is 4. The number of para-hydroxylation sites is 1. The fourth-order valence-corrected chi connectivity index (χ4v) is 3.66. The molecule has 0 aromatic heterocycles. The molecule has 2 atom stereocenters. The topological polar surface area (TPSA) is 151 Å². The maximum atomic E-state index is 13.8. The van der Waals surface area contributed by atoms with Crippen LogP contribution in [0.25, 0.3) is 0 Å². The first kappa shape index (κ1) is 30.7. The van der Waals surface area contributed by atoms with Gasteiger partial charge in [-0.3, -0.25) is 14.4 Å². The Kier molecular flexibility index (Phi) is 12.2. The fraction of sp³-hybridized carbons (Fsp3) is 0.615. The molecule has 1 aromatic rings. The second-order valence-electron chi connectivity index (χ2n) is 10.1. The summed E-state index contributed by atoms with van der Waals surface area (Å²) in [6.07, 6.45) is 1.91. The molecular weight excluding hydrogens is 464 g/mol. The second kappa shape index (κ2) is 14.3. The molecule has 10 heteroatoms. The summed E-state index contributed by atoms with van der Waals surface area (Å²) >= 11 is 0. The van der Waals surface area contributed by atoms with Gasteiger partial charge in [-0.15, -0.1) is 0 Å². The van der Waals surface area contributed by atoms with Gasteiger partial charge in [0.25, 0.3) is 0 Å². The van der Waals surface area contributed by atoms with Crippen molar-refractivity contribution in [2.24, 2.45) is 5.73 Å². The van der Waals surface area contributed by atoms with Crippen LogP contribution in [0.1, 0.15) is 85.3 Å². The van der Waals surface area contributed by atoms with Crippen molar-refractivity contribution in [2.45, 2.75) is 97.4 Å². The highest BCUT2D eigenvalue weighted by Gasteiger charge is 2.37. The quantitative estimate of drug-likeness (QED) is 0.302. The van der Waals surface area contributed by atoms with Crippen LogP contribution in [0.3, 0.4) is 0 Å². The van der Waals surface area contributed by atoms with E-state index in [0.717, 1.165) is 19.3 Å². The van der Waals surface area contributed by atoms with Crippen molar-refractivity contribution in [3.8, 4) is 5.75 Å². The van der Waals surface area contributed by atoms with E-state index in [1.54, 1.807) is 52.8 Å². The predicted molar refractivity (Wildman–Crippen MR) is 137 cm³/mol. The zero-order chi connectivity index (χ0) is 27.5. The van der Waals surface area contributed by atoms with Crippen molar-refractivity contribution in [2.75, 3.05) is 6.54 Å². The van der Waals surface area contributed by atoms with Crippen LogP contribution >= 0.6 is 0 Å². The van der Waals surface area contributed by atoms with E-state index in [1.165, 1.54) is 11.0 Å². The summed E-state index contributed by atoms with van der Waals surface area (Å²) in [6, 6.07) is 3.49. The molecule has 0 bridgehead atoms. The molecule has 0 saturated heterocycles. The van der Waals surface area contributed by atoms with Crippen molar-refractivity contribution in [3.05, 3.63) is 29.8 Å². The van der Waals surface area contributed by atoms with Gasteiger partial charge in [0.05, 0.1) is 6.42 Å². The first-order valence-electron chi connectivity index (χ1n) is 12.4. The highest BCUT2D eigenvalue weighted by Crippen LogP contribution is 2.30. The number of aromatic hydroxyl groups is 1. The van der Waals surface area contributed by atoms with Crippen molar-refractivity contribution in [3.63, 3.8) is 0 Å². The van der Waals surface area contributed by atoms with Crippen molar-refractivity contribution >= 4 is 23.8 Å². The molecule has 0 aliphatic rings. The zero-order valence-electron chi connectivity index (χ0n) is 22.3. The second-order valence-corrected chi connectivity index (χ2v) is 10.1. The molecule has 0 saturated carbocycles. The molecule has 1 rings (SSSR count). The van der Waals surface area contributed by atoms with Crippen LogP contribution in [0.5, 0.6) is 5.75 Å². The summed E-state index contributed by atoms with van der Waals surface area (Å²) in [7, 11) is 0. The number of alkyl carbamates (subject to hydrolysis) is 1. The molecule has 0 spiro atoms. The first-order valence-corrected chi connectivity index (χ1v) is 12.4. The lowest BCUT2D eigenvalue weighted by atomic mass is 10.00. The summed E-state index contributed by atoms with van der Waals surface area (Å²) in [5, 5.41) is 15.8. The number of nitrogens with zero attached hydrogens (tertiary/aromatic N) is 1. The van der Waals surface area contributed by atoms with Crippen LogP contribution in [0, 0.1) is 0 Å². The normalized spacial score (nSPS) is 13.0. The third-order valence-corrected chi connectivity index (χ3v) is 5.15. The molecular formula is C26H42N4O6. The SMILES string of the molecule is CCCCCCN(C(=O)C(CC(N)=O)NC(=O)OC(C)(C)C)C(C(=O)NC(C)C)c1ccccc1O. The van der Waals surface area contributed by atoms with E-state index < -0.39 is 47.9 Å². The number of benzene rings is 1. The van der Waals surface area contributed by atoms with E-state index in [-0.39, 0.29) is 23.9 Å². The molecule has 0 aliphatic carbocycles. The molecule has 2 unspecified atom stereocenters. The van der Waals surface area contributed by atoms with Gasteiger partial charge in [-0.25, -0.2) is 4.79 Å². The summed E-state index contributed by atoms with van der Waals surface area (Å²) in [5.41, 5.74) is 4.79. The van der Waals surface area contributed by atoms with Crippen LogP contribution in [-0.4, -0.2) is 58.1 Å². The number of nitrogens with two attached hydrogens (primary N) is 1. The van der Waals surface area contributed by atoms with Gasteiger partial charge in [0.15, 0.2) is 0 Å². The molecule has 4 amide bonds. The van der Waals surface area contributed by atoms with Gasteiger partial charge in [-0.05, 0) is 47.1 Å². The molecule has 1 aromatic carbocycles. The number of hydrogen-bond acceptors (Lipinski definition) is 6. The number of nitrogens with one attached hydrogen (secondary N) is 2. The number of rotatable bonds is 13. The van der Waals surface area contributed by atoms with E-state index in [0.29, 0.717) is 6.42 Å². The van der Waals surface area contributed by atoms with Gasteiger partial charge >= 0.3 is 6.09 Å². The van der Waals surface area contributed by atoms with E-state index in [2.05, 4.69) is 17.6 Å². The van der Waals surface area contributed by atoms with E-state index >= 15 is 0 Å². The molecule has 0 heterocycles. The molecule has 5 N–H and O–H groups in total. The van der Waals surface area contributed by atoms with Gasteiger partial charge in [-0.1, -0.05) is 44.4 Å². The highest BCUT2D eigenvalue weighted by molar-refractivity contribution is 5.94. The predicted octanol–water partition coefficient (Wildman–Crippen LogP) is 3.14. The van der Waals surface area contributed by atoms with Crippen LogP contribution in [0.4, 0.5) is 4.79 Å². The van der Waals surface area contributed by atoms with Gasteiger partial charge in [0.1, 0.15) is 23.4 Å². The van der Waals surface area contributed by atoms with Crippen molar-refractivity contribution < 1.29 is 29.0 Å². The number of carbonyl (C=O) groups is 4. The summed E-state index contributed by atoms with van der Waals surface area (Å²) in [4.78, 5) is 52.8. The highest BCUT2D eigenvalue weighted by atomic mass is 16.6. The maximum absolute atomic E-state index is 13.8. The molecule has 0 aliphatic heterocycles. The number of primary amides is 1. The number of amides is 4. The Bertz CT molecular complexity index is 897. The number of phenols is 1. The Labute approximate surface area is 213 Å². The van der Waals surface area contributed by atoms with E-state index in [9.17, 15) is 24.3 Å². The first-order chi connectivity index (χ1) is 16.8. The summed E-state index contributed by atoms with van der Waals surface area (Å²) < 4.78 is 5.26. The van der Waals surface area contributed by atoms with Crippen LogP contribution in [-0.2, 0) is 19.1 Å². The van der Waals surface area contributed by atoms with Crippen molar-refractivity contribution in [1.29, 1.82) is 0 Å². The van der Waals surface area contributed by atoms with E-state index in [1.807, 2.05) is 0 Å². The number of carbonyl (C=O) groups excluding carboxylic acids is 4. The van der Waals surface area contributed by atoms with Crippen LogP contribution < -0.4 is 16.4 Å². The third-order valence-electron chi connectivity index (χ3n) is 5.15. The van der Waals surface area contributed by atoms with Gasteiger partial charge in [0.2, 0.25) is 17.7 Å². The van der Waals surface area contributed by atoms with Gasteiger partial charge in [0, 0.05) is 18.2 Å². The average Bonchev–Trinajstić information content (AvgIpc) is 2.73. The number of phenolic OH excluding ortho intramolecular Hbond substituents is 1. The Morgan fingerprint density at radius 2 is 1.69 bits per heavy atom. The molecule has 0 radical (unpaired) electrons. The molecule has 36 heavy (non-hydrogen) atoms. The lowest BCUT2D eigenvalue weighted by Gasteiger charge is -2.35. The lowest BCUT2D eigenvalue weighted by molar-refractivity contribution is -0.143. The van der Waals surface area contributed by atoms with Crippen molar-refractivity contribution in [1.82, 2.24) is 15.5 Å². The van der Waals surface area contributed by atoms with Gasteiger partial charge < -0.3 is 31.1 Å². The Hall–Kier alpha value is -3.30. The lowest BCUT2D eigenvalue weighted by Crippen LogP contribution is -2.54.